The van der Waals surface area contributed by atoms with E-state index in [0.29, 0.717) is 5.56 Å². The first-order valence-electron chi connectivity index (χ1n) is 6.19. The van der Waals surface area contributed by atoms with Crippen LogP contribution in [0.15, 0.2) is 18.2 Å². The van der Waals surface area contributed by atoms with Crippen LogP contribution in [-0.2, 0) is 0 Å². The zero-order chi connectivity index (χ0) is 15.1. The van der Waals surface area contributed by atoms with E-state index in [1.807, 2.05) is 0 Å². The van der Waals surface area contributed by atoms with E-state index >= 15 is 0 Å². The molecule has 1 saturated heterocycles. The topological polar surface area (TPSA) is 89.9 Å². The van der Waals surface area contributed by atoms with Crippen LogP contribution in [0.1, 0.15) is 26.3 Å². The van der Waals surface area contributed by atoms with Crippen LogP contribution in [0.2, 0.25) is 0 Å². The first-order chi connectivity index (χ1) is 9.41. The number of carboxylic acid groups (broad SMARTS) is 2. The van der Waals surface area contributed by atoms with Gasteiger partial charge in [-0.2, -0.15) is 0 Å². The first kappa shape index (κ1) is 16.6. The molecule has 6 nitrogen and oxygen atoms in total. The quantitative estimate of drug-likeness (QED) is 0.708. The fourth-order valence-electron chi connectivity index (χ4n) is 1.67. The van der Waals surface area contributed by atoms with Crippen LogP contribution in [0.3, 0.4) is 0 Å². The van der Waals surface area contributed by atoms with Crippen LogP contribution in [-0.4, -0.2) is 53.0 Å². The minimum atomic E-state index is -1.12. The molecule has 2 rings (SSSR count). The predicted molar refractivity (Wildman–Crippen MR) is 79.3 cm³/mol. The average Bonchev–Trinajstić information content (AvgIpc) is 2.40. The summed E-state index contributed by atoms with van der Waals surface area (Å²) in [4.78, 5) is 21.1. The van der Waals surface area contributed by atoms with Crippen molar-refractivity contribution >= 4 is 21.3 Å². The Bertz CT molecular complexity index is 487. The monoisotopic (exact) mass is 298 g/mol. The largest absolute Gasteiger partial charge is 0.478 e. The molecule has 0 radical (unpaired) electrons. The number of nitrogens with zero attached hydrogens (tertiary/aromatic N) is 1. The number of carboxylic acids is 2. The molecular formula is C13H19N2O4P. The molecule has 1 aliphatic heterocycles. The normalized spacial score (nSPS) is 15.1. The maximum Gasteiger partial charge on any atom is 0.335 e. The van der Waals surface area contributed by atoms with Crippen LogP contribution in [0.5, 0.6) is 0 Å². The molecule has 110 valence electrons. The van der Waals surface area contributed by atoms with E-state index in [1.165, 1.54) is 25.2 Å². The van der Waals surface area contributed by atoms with Crippen LogP contribution in [0.25, 0.3) is 0 Å². The zero-order valence-electron chi connectivity index (χ0n) is 11.3. The van der Waals surface area contributed by atoms with Gasteiger partial charge in [0, 0.05) is 26.2 Å². The Hall–Kier alpha value is -1.49. The van der Waals surface area contributed by atoms with Crippen molar-refractivity contribution in [3.8, 4) is 0 Å². The summed E-state index contributed by atoms with van der Waals surface area (Å²) in [5.41, 5.74) is 0.570. The number of nitrogens with one attached hydrogen (secondary N) is 1. The van der Waals surface area contributed by atoms with Crippen molar-refractivity contribution in [2.75, 3.05) is 26.2 Å². The highest BCUT2D eigenvalue weighted by Crippen LogP contribution is 2.11. The van der Waals surface area contributed by atoms with Crippen LogP contribution in [0.4, 0.5) is 0 Å². The highest BCUT2D eigenvalue weighted by Gasteiger charge is 2.10. The van der Waals surface area contributed by atoms with E-state index < -0.39 is 11.9 Å². The third kappa shape index (κ3) is 5.25. The second-order valence-electron chi connectivity index (χ2n) is 4.43. The molecule has 0 aliphatic carbocycles. The number of piperazine rings is 1. The lowest BCUT2D eigenvalue weighted by Gasteiger charge is -2.21. The molecule has 1 atom stereocenters. The van der Waals surface area contributed by atoms with Gasteiger partial charge in [0.2, 0.25) is 0 Å². The number of carbonyl (C=O) groups is 2. The molecule has 1 aliphatic rings. The molecular weight excluding hydrogens is 279 g/mol. The minimum absolute atomic E-state index is 0.0111. The molecule has 1 aromatic carbocycles. The molecule has 20 heavy (non-hydrogen) atoms. The Morgan fingerprint density at radius 3 is 2.20 bits per heavy atom. The summed E-state index contributed by atoms with van der Waals surface area (Å²) < 4.78 is 2.25. The lowest BCUT2D eigenvalue weighted by atomic mass is 10.1. The van der Waals surface area contributed by atoms with E-state index in [4.69, 9.17) is 10.2 Å². The van der Waals surface area contributed by atoms with Crippen molar-refractivity contribution in [1.82, 2.24) is 9.99 Å². The van der Waals surface area contributed by atoms with Gasteiger partial charge in [-0.15, -0.1) is 0 Å². The van der Waals surface area contributed by atoms with Crippen LogP contribution in [0, 0.1) is 6.92 Å². The summed E-state index contributed by atoms with van der Waals surface area (Å²) in [6.07, 6.45) is 0. The zero-order valence-corrected chi connectivity index (χ0v) is 12.5. The minimum Gasteiger partial charge on any atom is -0.478 e. The van der Waals surface area contributed by atoms with Gasteiger partial charge in [0.15, 0.2) is 0 Å². The molecule has 1 heterocycles. The molecule has 1 aromatic rings. The Balaban J connectivity index is 0.000000240. The average molecular weight is 298 g/mol. The summed E-state index contributed by atoms with van der Waals surface area (Å²) in [6, 6.07) is 4.01. The maximum absolute atomic E-state index is 10.6. The summed E-state index contributed by atoms with van der Waals surface area (Å²) in [7, 11) is 2.70. The summed E-state index contributed by atoms with van der Waals surface area (Å²) >= 11 is 0. The molecule has 0 aromatic heterocycles. The Morgan fingerprint density at radius 2 is 1.80 bits per heavy atom. The van der Waals surface area contributed by atoms with Crippen molar-refractivity contribution in [3.05, 3.63) is 34.9 Å². The fourth-order valence-corrected chi connectivity index (χ4v) is 1.93. The second kappa shape index (κ2) is 7.94. The van der Waals surface area contributed by atoms with E-state index in [9.17, 15) is 9.59 Å². The standard InChI is InChI=1S/C9H8O4.C4H11N2P/c1-5-2-3-6(8(10)11)4-7(5)9(12)13;7-6-3-1-5-2-4-6/h2-4H,1H3,(H,10,11)(H,12,13);5H,1-4,7H2. The molecule has 1 fully saturated rings. The summed E-state index contributed by atoms with van der Waals surface area (Å²) in [6.45, 7) is 6.25. The lowest BCUT2D eigenvalue weighted by Crippen LogP contribution is -2.37. The van der Waals surface area contributed by atoms with Gasteiger partial charge in [-0.1, -0.05) is 15.5 Å². The van der Waals surface area contributed by atoms with Gasteiger partial charge in [-0.25, -0.2) is 9.59 Å². The molecule has 0 bridgehead atoms. The molecule has 0 amide bonds. The molecule has 0 saturated carbocycles. The lowest BCUT2D eigenvalue weighted by molar-refractivity contribution is 0.0695. The Morgan fingerprint density at radius 1 is 1.20 bits per heavy atom. The van der Waals surface area contributed by atoms with Gasteiger partial charge in [0.05, 0.1) is 11.1 Å². The second-order valence-corrected chi connectivity index (χ2v) is 5.16. The van der Waals surface area contributed by atoms with E-state index in [-0.39, 0.29) is 11.1 Å². The van der Waals surface area contributed by atoms with Crippen LogP contribution >= 0.6 is 9.39 Å². The number of aromatic carboxylic acids is 2. The van der Waals surface area contributed by atoms with Gasteiger partial charge < -0.3 is 15.5 Å². The Kier molecular flexibility index (Phi) is 6.58. The number of benzene rings is 1. The molecule has 0 spiro atoms. The van der Waals surface area contributed by atoms with E-state index in [1.54, 1.807) is 6.92 Å². The smallest absolute Gasteiger partial charge is 0.335 e. The highest BCUT2D eigenvalue weighted by atomic mass is 31.0. The van der Waals surface area contributed by atoms with Crippen molar-refractivity contribution in [1.29, 1.82) is 0 Å². The molecule has 3 N–H and O–H groups in total. The number of hydrogen-bond donors (Lipinski definition) is 3. The molecule has 7 heteroatoms. The van der Waals surface area contributed by atoms with Gasteiger partial charge >= 0.3 is 11.9 Å². The van der Waals surface area contributed by atoms with Crippen molar-refractivity contribution in [2.24, 2.45) is 0 Å². The van der Waals surface area contributed by atoms with E-state index in [2.05, 4.69) is 19.4 Å². The van der Waals surface area contributed by atoms with Gasteiger partial charge in [-0.3, -0.25) is 4.67 Å². The first-order valence-corrected chi connectivity index (χ1v) is 6.71. The van der Waals surface area contributed by atoms with Gasteiger partial charge in [-0.05, 0) is 24.6 Å². The van der Waals surface area contributed by atoms with Crippen molar-refractivity contribution in [2.45, 2.75) is 6.92 Å². The maximum atomic E-state index is 10.6. The predicted octanol–water partition coefficient (Wildman–Crippen LogP) is 1.07. The summed E-state index contributed by atoms with van der Waals surface area (Å²) in [5, 5.41) is 20.5. The SMILES string of the molecule is Cc1ccc(C(=O)O)cc1C(=O)O.PN1CCNCC1. The number of rotatable bonds is 2. The Labute approximate surface area is 120 Å². The third-order valence-corrected chi connectivity index (χ3v) is 3.38. The van der Waals surface area contributed by atoms with Crippen LogP contribution < -0.4 is 5.32 Å². The van der Waals surface area contributed by atoms with Gasteiger partial charge in [0.25, 0.3) is 0 Å². The summed E-state index contributed by atoms with van der Waals surface area (Å²) in [5.74, 6) is -2.23. The number of aryl methyl sites for hydroxylation is 1. The number of hydrogen-bond acceptors (Lipinski definition) is 4. The van der Waals surface area contributed by atoms with Crippen molar-refractivity contribution < 1.29 is 19.8 Å². The fraction of sp³-hybridized carbons (Fsp3) is 0.385. The van der Waals surface area contributed by atoms with Crippen molar-refractivity contribution in [3.63, 3.8) is 0 Å². The van der Waals surface area contributed by atoms with Gasteiger partial charge in [0.1, 0.15) is 0 Å². The molecule has 1 unspecified atom stereocenters. The third-order valence-electron chi connectivity index (χ3n) is 2.87. The van der Waals surface area contributed by atoms with E-state index in [0.717, 1.165) is 19.2 Å². The highest BCUT2D eigenvalue weighted by molar-refractivity contribution is 7.13.